The minimum atomic E-state index is -0.375. The molecule has 1 atom stereocenters. The van der Waals surface area contributed by atoms with Crippen LogP contribution in [-0.2, 0) is 4.79 Å². The molecule has 1 aromatic carbocycles. The second-order valence-electron chi connectivity index (χ2n) is 11.4. The van der Waals surface area contributed by atoms with Gasteiger partial charge in [0.2, 0.25) is 0 Å². The SMILES string of the molecule is CCCCCCCCCCCCC(C)(CCCCCCCCCC)C(=O)Oc1cc(C)cc(C)c1. The molecule has 0 aliphatic heterocycles. The van der Waals surface area contributed by atoms with E-state index in [0.29, 0.717) is 5.75 Å². The summed E-state index contributed by atoms with van der Waals surface area (Å²) in [6, 6.07) is 6.10. The molecule has 0 amide bonds. The summed E-state index contributed by atoms with van der Waals surface area (Å²) >= 11 is 0. The molecule has 202 valence electrons. The number of unbranched alkanes of at least 4 members (excludes halogenated alkanes) is 16. The van der Waals surface area contributed by atoms with Gasteiger partial charge in [-0.25, -0.2) is 0 Å². The molecule has 2 heteroatoms. The van der Waals surface area contributed by atoms with E-state index in [2.05, 4.69) is 40.7 Å². The van der Waals surface area contributed by atoms with E-state index in [4.69, 9.17) is 4.74 Å². The number of esters is 1. The van der Waals surface area contributed by atoms with Gasteiger partial charge in [-0.05, 0) is 56.9 Å². The van der Waals surface area contributed by atoms with E-state index < -0.39 is 0 Å². The molecule has 2 nitrogen and oxygen atoms in total. The van der Waals surface area contributed by atoms with Crippen molar-refractivity contribution in [3.05, 3.63) is 29.3 Å². The van der Waals surface area contributed by atoms with Crippen molar-refractivity contribution >= 4 is 5.97 Å². The molecule has 0 aliphatic carbocycles. The number of ether oxygens (including phenoxy) is 1. The van der Waals surface area contributed by atoms with E-state index >= 15 is 0 Å². The van der Waals surface area contributed by atoms with Crippen molar-refractivity contribution in [1.82, 2.24) is 0 Å². The number of rotatable bonds is 22. The van der Waals surface area contributed by atoms with Gasteiger partial charge in [0.25, 0.3) is 0 Å². The van der Waals surface area contributed by atoms with E-state index in [1.807, 2.05) is 12.1 Å². The fraction of sp³-hybridized carbons (Fsp3) is 0.788. The Kier molecular flexibility index (Phi) is 18.0. The van der Waals surface area contributed by atoms with Gasteiger partial charge in [-0.3, -0.25) is 4.79 Å². The first-order chi connectivity index (χ1) is 16.9. The predicted molar refractivity (Wildman–Crippen MR) is 153 cm³/mol. The third-order valence-electron chi connectivity index (χ3n) is 7.56. The lowest BCUT2D eigenvalue weighted by molar-refractivity contribution is -0.146. The Morgan fingerprint density at radius 2 is 0.943 bits per heavy atom. The molecule has 0 fully saturated rings. The van der Waals surface area contributed by atoms with E-state index in [1.165, 1.54) is 103 Å². The summed E-state index contributed by atoms with van der Waals surface area (Å²) in [5, 5.41) is 0. The van der Waals surface area contributed by atoms with Gasteiger partial charge in [0.15, 0.2) is 0 Å². The van der Waals surface area contributed by atoms with Crippen molar-refractivity contribution in [3.8, 4) is 5.75 Å². The van der Waals surface area contributed by atoms with Crippen molar-refractivity contribution in [2.75, 3.05) is 0 Å². The van der Waals surface area contributed by atoms with Crippen molar-refractivity contribution in [3.63, 3.8) is 0 Å². The quantitative estimate of drug-likeness (QED) is 0.0925. The van der Waals surface area contributed by atoms with Crippen LogP contribution in [0.1, 0.15) is 160 Å². The summed E-state index contributed by atoms with van der Waals surface area (Å²) < 4.78 is 5.97. The molecule has 1 aromatic rings. The van der Waals surface area contributed by atoms with Crippen molar-refractivity contribution in [2.24, 2.45) is 5.41 Å². The third kappa shape index (κ3) is 15.4. The zero-order chi connectivity index (χ0) is 25.8. The van der Waals surface area contributed by atoms with Crippen LogP contribution >= 0.6 is 0 Å². The monoisotopic (exact) mass is 486 g/mol. The van der Waals surface area contributed by atoms with Crippen LogP contribution in [0.15, 0.2) is 18.2 Å². The Bertz CT molecular complexity index is 645. The number of carbonyl (C=O) groups is 1. The first kappa shape index (κ1) is 31.7. The van der Waals surface area contributed by atoms with Gasteiger partial charge in [-0.2, -0.15) is 0 Å². The van der Waals surface area contributed by atoms with Gasteiger partial charge in [0, 0.05) is 0 Å². The molecule has 0 saturated heterocycles. The number of hydrogen-bond donors (Lipinski definition) is 0. The standard InChI is InChI=1S/C33H58O2/c1-6-8-10-12-14-16-17-19-21-23-25-33(5,24-22-20-18-15-13-11-9-7-2)32(34)35-31-27-29(3)26-30(4)28-31/h26-28H,6-25H2,1-5H3. The van der Waals surface area contributed by atoms with Crippen LogP contribution in [0.5, 0.6) is 5.75 Å². The number of benzene rings is 1. The highest BCUT2D eigenvalue weighted by molar-refractivity contribution is 5.78. The summed E-state index contributed by atoms with van der Waals surface area (Å²) in [6.07, 6.45) is 25.6. The molecule has 0 N–H and O–H groups in total. The molecule has 1 unspecified atom stereocenters. The van der Waals surface area contributed by atoms with Gasteiger partial charge in [-0.15, -0.1) is 0 Å². The lowest BCUT2D eigenvalue weighted by Crippen LogP contribution is -2.32. The minimum Gasteiger partial charge on any atom is -0.426 e. The van der Waals surface area contributed by atoms with Gasteiger partial charge >= 0.3 is 5.97 Å². The molecule has 0 radical (unpaired) electrons. The molecular formula is C33H58O2. The second kappa shape index (κ2) is 19.8. The molecule has 35 heavy (non-hydrogen) atoms. The van der Waals surface area contributed by atoms with Gasteiger partial charge < -0.3 is 4.74 Å². The van der Waals surface area contributed by atoms with E-state index in [0.717, 1.165) is 36.8 Å². The fourth-order valence-electron chi connectivity index (χ4n) is 5.20. The molecule has 0 spiro atoms. The maximum absolute atomic E-state index is 13.4. The maximum atomic E-state index is 13.4. The minimum absolute atomic E-state index is 0.0265. The van der Waals surface area contributed by atoms with Crippen LogP contribution in [0.25, 0.3) is 0 Å². The van der Waals surface area contributed by atoms with E-state index in [9.17, 15) is 4.79 Å². The van der Waals surface area contributed by atoms with Crippen LogP contribution in [-0.4, -0.2) is 5.97 Å². The number of carbonyl (C=O) groups excluding carboxylic acids is 1. The van der Waals surface area contributed by atoms with Crippen molar-refractivity contribution in [1.29, 1.82) is 0 Å². The van der Waals surface area contributed by atoms with Crippen molar-refractivity contribution in [2.45, 2.75) is 163 Å². The molecule has 0 aliphatic rings. The second-order valence-corrected chi connectivity index (χ2v) is 11.4. The van der Waals surface area contributed by atoms with Crippen LogP contribution in [0.4, 0.5) is 0 Å². The zero-order valence-corrected chi connectivity index (χ0v) is 24.2. The van der Waals surface area contributed by atoms with Gasteiger partial charge in [0.05, 0.1) is 5.41 Å². The Labute approximate surface area is 219 Å². The van der Waals surface area contributed by atoms with Crippen LogP contribution in [0.3, 0.4) is 0 Å². The molecule has 0 bridgehead atoms. The highest BCUT2D eigenvalue weighted by atomic mass is 16.5. The topological polar surface area (TPSA) is 26.3 Å². The first-order valence-electron chi connectivity index (χ1n) is 15.2. The van der Waals surface area contributed by atoms with Gasteiger partial charge in [-0.1, -0.05) is 135 Å². The summed E-state index contributed by atoms with van der Waals surface area (Å²) in [5.74, 6) is 0.680. The Morgan fingerprint density at radius 3 is 1.31 bits per heavy atom. The molecule has 0 heterocycles. The third-order valence-corrected chi connectivity index (χ3v) is 7.56. The number of hydrogen-bond acceptors (Lipinski definition) is 2. The molecular weight excluding hydrogens is 428 g/mol. The van der Waals surface area contributed by atoms with E-state index in [-0.39, 0.29) is 11.4 Å². The number of aryl methyl sites for hydroxylation is 2. The van der Waals surface area contributed by atoms with Gasteiger partial charge in [0.1, 0.15) is 5.75 Å². The van der Waals surface area contributed by atoms with Crippen LogP contribution in [0.2, 0.25) is 0 Å². The largest absolute Gasteiger partial charge is 0.426 e. The summed E-state index contributed by atoms with van der Waals surface area (Å²) in [6.45, 7) is 10.8. The molecule has 0 saturated carbocycles. The molecule has 0 aromatic heterocycles. The Hall–Kier alpha value is -1.31. The predicted octanol–water partition coefficient (Wildman–Crippen LogP) is 11.1. The summed E-state index contributed by atoms with van der Waals surface area (Å²) in [4.78, 5) is 13.4. The van der Waals surface area contributed by atoms with E-state index in [1.54, 1.807) is 0 Å². The normalized spacial score (nSPS) is 13.1. The molecule has 1 rings (SSSR count). The first-order valence-corrected chi connectivity index (χ1v) is 15.2. The summed E-state index contributed by atoms with van der Waals surface area (Å²) in [5.41, 5.74) is 1.92. The Balaban J connectivity index is 2.48. The lowest BCUT2D eigenvalue weighted by Gasteiger charge is -2.27. The zero-order valence-electron chi connectivity index (χ0n) is 24.2. The van der Waals surface area contributed by atoms with Crippen LogP contribution < -0.4 is 4.74 Å². The van der Waals surface area contributed by atoms with Crippen LogP contribution in [0, 0.1) is 19.3 Å². The Morgan fingerprint density at radius 1 is 0.600 bits per heavy atom. The smallest absolute Gasteiger partial charge is 0.317 e. The highest BCUT2D eigenvalue weighted by Gasteiger charge is 2.34. The highest BCUT2D eigenvalue weighted by Crippen LogP contribution is 2.34. The summed E-state index contributed by atoms with van der Waals surface area (Å²) in [7, 11) is 0. The fourth-order valence-corrected chi connectivity index (χ4v) is 5.20. The maximum Gasteiger partial charge on any atom is 0.317 e. The van der Waals surface area contributed by atoms with Crippen molar-refractivity contribution < 1.29 is 9.53 Å². The average Bonchev–Trinajstić information content (AvgIpc) is 2.81. The lowest BCUT2D eigenvalue weighted by atomic mass is 9.79. The average molecular weight is 487 g/mol.